The van der Waals surface area contributed by atoms with Crippen molar-refractivity contribution in [3.8, 4) is 5.75 Å². The number of halogens is 3. The molecule has 1 N–H and O–H groups in total. The first-order chi connectivity index (χ1) is 8.50. The van der Waals surface area contributed by atoms with Crippen LogP contribution in [-0.2, 0) is 0 Å². The molecule has 0 aliphatic rings. The smallest absolute Gasteiger partial charge is 0.196 e. The van der Waals surface area contributed by atoms with E-state index in [-0.39, 0.29) is 11.3 Å². The number of carbonyl (C=O) groups excluding carboxylic acids is 1. The molecule has 0 spiro atoms. The first-order valence-electron chi connectivity index (χ1n) is 4.98. The summed E-state index contributed by atoms with van der Waals surface area (Å²) in [6.07, 6.45) is 0. The van der Waals surface area contributed by atoms with E-state index in [4.69, 9.17) is 5.11 Å². The van der Waals surface area contributed by atoms with E-state index in [0.29, 0.717) is 6.07 Å². The topological polar surface area (TPSA) is 37.3 Å². The summed E-state index contributed by atoms with van der Waals surface area (Å²) in [5.74, 6) is -5.40. The molecule has 0 aliphatic carbocycles. The van der Waals surface area contributed by atoms with Crippen molar-refractivity contribution in [2.75, 3.05) is 0 Å². The molecule has 2 aromatic carbocycles. The van der Waals surface area contributed by atoms with Gasteiger partial charge in [0.25, 0.3) is 0 Å². The van der Waals surface area contributed by atoms with E-state index in [0.717, 1.165) is 6.07 Å². The van der Waals surface area contributed by atoms with Gasteiger partial charge in [-0.05, 0) is 36.4 Å². The summed E-state index contributed by atoms with van der Waals surface area (Å²) in [6.45, 7) is 0. The summed E-state index contributed by atoms with van der Waals surface area (Å²) in [5, 5.41) is 9.05. The van der Waals surface area contributed by atoms with Crippen molar-refractivity contribution in [3.05, 3.63) is 65.0 Å². The maximum atomic E-state index is 13.4. The Hall–Kier alpha value is -2.30. The second kappa shape index (κ2) is 4.52. The molecule has 2 rings (SSSR count). The SMILES string of the molecule is O=C(c1ccc(O)cc1)c1ccc(F)c(F)c1F. The van der Waals surface area contributed by atoms with Crippen LogP contribution in [0.25, 0.3) is 0 Å². The maximum Gasteiger partial charge on any atom is 0.196 e. The predicted octanol–water partition coefficient (Wildman–Crippen LogP) is 3.04. The molecule has 0 aliphatic heterocycles. The van der Waals surface area contributed by atoms with Gasteiger partial charge in [-0.1, -0.05) is 0 Å². The molecule has 0 saturated heterocycles. The molecule has 2 nitrogen and oxygen atoms in total. The van der Waals surface area contributed by atoms with Crippen LogP contribution >= 0.6 is 0 Å². The molecule has 0 atom stereocenters. The largest absolute Gasteiger partial charge is 0.508 e. The Kier molecular flexibility index (Phi) is 3.06. The van der Waals surface area contributed by atoms with Crippen molar-refractivity contribution >= 4 is 5.78 Å². The van der Waals surface area contributed by atoms with Crippen LogP contribution < -0.4 is 0 Å². The standard InChI is InChI=1S/C13H7F3O2/c14-10-6-5-9(11(15)12(10)16)13(18)7-1-3-8(17)4-2-7/h1-6,17H. The van der Waals surface area contributed by atoms with Gasteiger partial charge in [0.05, 0.1) is 5.56 Å². The molecule has 0 aromatic heterocycles. The Balaban J connectivity index is 2.46. The highest BCUT2D eigenvalue weighted by Crippen LogP contribution is 2.19. The van der Waals surface area contributed by atoms with E-state index in [9.17, 15) is 18.0 Å². The average molecular weight is 252 g/mol. The number of hydrogen-bond acceptors (Lipinski definition) is 2. The Morgan fingerprint density at radius 2 is 1.50 bits per heavy atom. The van der Waals surface area contributed by atoms with E-state index < -0.39 is 28.8 Å². The van der Waals surface area contributed by atoms with Crippen molar-refractivity contribution in [1.29, 1.82) is 0 Å². The minimum absolute atomic E-state index is 0.0580. The Morgan fingerprint density at radius 3 is 2.11 bits per heavy atom. The second-order valence-corrected chi connectivity index (χ2v) is 3.60. The van der Waals surface area contributed by atoms with Crippen molar-refractivity contribution in [3.63, 3.8) is 0 Å². The van der Waals surface area contributed by atoms with Crippen LogP contribution in [-0.4, -0.2) is 10.9 Å². The predicted molar refractivity (Wildman–Crippen MR) is 57.9 cm³/mol. The fourth-order valence-electron chi connectivity index (χ4n) is 1.47. The summed E-state index contributed by atoms with van der Waals surface area (Å²) < 4.78 is 39.1. The summed E-state index contributed by atoms with van der Waals surface area (Å²) in [6, 6.07) is 6.57. The van der Waals surface area contributed by atoms with Crippen molar-refractivity contribution in [2.24, 2.45) is 0 Å². The number of phenolic OH excluding ortho intramolecular Hbond substituents is 1. The fraction of sp³-hybridized carbons (Fsp3) is 0. The molecule has 2 aromatic rings. The zero-order valence-corrected chi connectivity index (χ0v) is 8.95. The van der Waals surface area contributed by atoms with Gasteiger partial charge in [0.2, 0.25) is 0 Å². The van der Waals surface area contributed by atoms with Gasteiger partial charge >= 0.3 is 0 Å². The van der Waals surface area contributed by atoms with Gasteiger partial charge in [-0.2, -0.15) is 0 Å². The molecule has 5 heteroatoms. The summed E-state index contributed by atoms with van der Waals surface area (Å²) in [5.41, 5.74) is -0.489. The Bertz CT molecular complexity index is 606. The van der Waals surface area contributed by atoms with Gasteiger partial charge in [-0.25, -0.2) is 13.2 Å². The number of benzene rings is 2. The molecule has 0 amide bonds. The van der Waals surface area contributed by atoms with Gasteiger partial charge in [0.15, 0.2) is 23.2 Å². The lowest BCUT2D eigenvalue weighted by Crippen LogP contribution is -2.07. The lowest BCUT2D eigenvalue weighted by atomic mass is 10.0. The molecule has 0 radical (unpaired) electrons. The molecular weight excluding hydrogens is 245 g/mol. The van der Waals surface area contributed by atoms with E-state index >= 15 is 0 Å². The molecule has 0 saturated carbocycles. The molecule has 18 heavy (non-hydrogen) atoms. The first-order valence-corrected chi connectivity index (χ1v) is 4.98. The van der Waals surface area contributed by atoms with Crippen LogP contribution in [0.5, 0.6) is 5.75 Å². The maximum absolute atomic E-state index is 13.4. The quantitative estimate of drug-likeness (QED) is 0.658. The normalized spacial score (nSPS) is 10.4. The lowest BCUT2D eigenvalue weighted by molar-refractivity contribution is 0.103. The number of ketones is 1. The van der Waals surface area contributed by atoms with E-state index in [1.54, 1.807) is 0 Å². The highest BCUT2D eigenvalue weighted by molar-refractivity contribution is 6.09. The molecule has 0 heterocycles. The van der Waals surface area contributed by atoms with Crippen molar-refractivity contribution in [2.45, 2.75) is 0 Å². The van der Waals surface area contributed by atoms with E-state index in [2.05, 4.69) is 0 Å². The van der Waals surface area contributed by atoms with Gasteiger partial charge in [0.1, 0.15) is 5.75 Å². The molecular formula is C13H7F3O2. The number of aromatic hydroxyl groups is 1. The summed E-state index contributed by atoms with van der Waals surface area (Å²) in [7, 11) is 0. The monoisotopic (exact) mass is 252 g/mol. The van der Waals surface area contributed by atoms with Crippen molar-refractivity contribution < 1.29 is 23.1 Å². The molecule has 0 fully saturated rings. The fourth-order valence-corrected chi connectivity index (χ4v) is 1.47. The second-order valence-electron chi connectivity index (χ2n) is 3.60. The number of rotatable bonds is 2. The molecule has 92 valence electrons. The highest BCUT2D eigenvalue weighted by Gasteiger charge is 2.19. The van der Waals surface area contributed by atoms with Crippen LogP contribution in [0.1, 0.15) is 15.9 Å². The number of carbonyl (C=O) groups is 1. The lowest BCUT2D eigenvalue weighted by Gasteiger charge is -2.04. The molecule has 0 unspecified atom stereocenters. The van der Waals surface area contributed by atoms with Crippen LogP contribution in [0, 0.1) is 17.5 Å². The zero-order valence-electron chi connectivity index (χ0n) is 8.95. The Labute approximate surface area is 100 Å². The zero-order chi connectivity index (χ0) is 13.3. The summed E-state index contributed by atoms with van der Waals surface area (Å²) in [4.78, 5) is 11.8. The van der Waals surface area contributed by atoms with Crippen molar-refractivity contribution in [1.82, 2.24) is 0 Å². The Morgan fingerprint density at radius 1 is 0.889 bits per heavy atom. The number of phenols is 1. The van der Waals surface area contributed by atoms with Crippen LogP contribution in [0.4, 0.5) is 13.2 Å². The third-order valence-electron chi connectivity index (χ3n) is 2.41. The van der Waals surface area contributed by atoms with Gasteiger partial charge in [-0.3, -0.25) is 4.79 Å². The van der Waals surface area contributed by atoms with Gasteiger partial charge < -0.3 is 5.11 Å². The molecule has 0 bridgehead atoms. The average Bonchev–Trinajstić information content (AvgIpc) is 2.36. The van der Waals surface area contributed by atoms with Crippen LogP contribution in [0.2, 0.25) is 0 Å². The summed E-state index contributed by atoms with van der Waals surface area (Å²) >= 11 is 0. The van der Waals surface area contributed by atoms with Crippen LogP contribution in [0.15, 0.2) is 36.4 Å². The highest BCUT2D eigenvalue weighted by atomic mass is 19.2. The van der Waals surface area contributed by atoms with Gasteiger partial charge in [0, 0.05) is 5.56 Å². The minimum atomic E-state index is -1.68. The van der Waals surface area contributed by atoms with Crippen LogP contribution in [0.3, 0.4) is 0 Å². The van der Waals surface area contributed by atoms with E-state index in [1.807, 2.05) is 0 Å². The number of hydrogen-bond donors (Lipinski definition) is 1. The van der Waals surface area contributed by atoms with E-state index in [1.165, 1.54) is 24.3 Å². The minimum Gasteiger partial charge on any atom is -0.508 e. The van der Waals surface area contributed by atoms with Gasteiger partial charge in [-0.15, -0.1) is 0 Å². The third kappa shape index (κ3) is 2.07. The third-order valence-corrected chi connectivity index (χ3v) is 2.41. The first kappa shape index (κ1) is 12.2.